The van der Waals surface area contributed by atoms with Crippen molar-refractivity contribution in [2.75, 3.05) is 19.7 Å². The summed E-state index contributed by atoms with van der Waals surface area (Å²) in [6, 6.07) is 16.1. The minimum absolute atomic E-state index is 0.000784. The normalized spacial score (nSPS) is 22.0. The first-order valence-electron chi connectivity index (χ1n) is 11.7. The SMILES string of the molecule is CC(C(=O)O)C1CN(C(=O)C2C=CC(NC(=O)OCC3c4ccccc4-c4ccccc43)C2)C1. The van der Waals surface area contributed by atoms with Crippen LogP contribution in [0.4, 0.5) is 4.79 Å². The monoisotopic (exact) mass is 460 g/mol. The molecule has 3 aliphatic rings. The van der Waals surface area contributed by atoms with E-state index in [0.29, 0.717) is 19.5 Å². The van der Waals surface area contributed by atoms with E-state index in [1.807, 2.05) is 36.4 Å². The van der Waals surface area contributed by atoms with Crippen LogP contribution in [0.2, 0.25) is 0 Å². The molecule has 5 rings (SSSR count). The van der Waals surface area contributed by atoms with Crippen molar-refractivity contribution in [3.8, 4) is 11.1 Å². The molecule has 2 amide bonds. The molecule has 1 saturated heterocycles. The minimum atomic E-state index is -0.829. The van der Waals surface area contributed by atoms with Gasteiger partial charge in [0.1, 0.15) is 6.61 Å². The quantitative estimate of drug-likeness (QED) is 0.642. The summed E-state index contributed by atoms with van der Waals surface area (Å²) in [7, 11) is 0. The van der Waals surface area contributed by atoms with Crippen LogP contribution in [-0.4, -0.2) is 53.7 Å². The number of hydrogen-bond acceptors (Lipinski definition) is 4. The predicted molar refractivity (Wildman–Crippen MR) is 126 cm³/mol. The zero-order chi connectivity index (χ0) is 23.8. The fraction of sp³-hybridized carbons (Fsp3) is 0.370. The molecule has 1 aliphatic heterocycles. The van der Waals surface area contributed by atoms with Gasteiger partial charge in [0.15, 0.2) is 0 Å². The summed E-state index contributed by atoms with van der Waals surface area (Å²) in [4.78, 5) is 38.0. The van der Waals surface area contributed by atoms with Crippen molar-refractivity contribution in [2.24, 2.45) is 17.8 Å². The van der Waals surface area contributed by atoms with Crippen LogP contribution < -0.4 is 5.32 Å². The van der Waals surface area contributed by atoms with E-state index >= 15 is 0 Å². The lowest BCUT2D eigenvalue weighted by Crippen LogP contribution is -2.55. The number of alkyl carbamates (subject to hydrolysis) is 1. The maximum absolute atomic E-state index is 12.7. The van der Waals surface area contributed by atoms with Gasteiger partial charge in [-0.2, -0.15) is 0 Å². The van der Waals surface area contributed by atoms with Crippen molar-refractivity contribution >= 4 is 18.0 Å². The molecule has 0 saturated carbocycles. The molecule has 176 valence electrons. The highest BCUT2D eigenvalue weighted by atomic mass is 16.5. The van der Waals surface area contributed by atoms with Gasteiger partial charge in [-0.1, -0.05) is 67.6 Å². The second-order valence-electron chi connectivity index (χ2n) is 9.43. The molecule has 3 unspecified atom stereocenters. The number of nitrogens with one attached hydrogen (secondary N) is 1. The van der Waals surface area contributed by atoms with E-state index in [2.05, 4.69) is 29.6 Å². The lowest BCUT2D eigenvalue weighted by molar-refractivity contribution is -0.151. The zero-order valence-electron chi connectivity index (χ0n) is 19.0. The Bertz CT molecular complexity index is 1110. The highest BCUT2D eigenvalue weighted by Gasteiger charge is 2.40. The third kappa shape index (κ3) is 4.06. The third-order valence-corrected chi connectivity index (χ3v) is 7.37. The summed E-state index contributed by atoms with van der Waals surface area (Å²) in [5, 5.41) is 12.0. The first-order valence-corrected chi connectivity index (χ1v) is 11.7. The lowest BCUT2D eigenvalue weighted by Gasteiger charge is -2.42. The number of rotatable bonds is 6. The van der Waals surface area contributed by atoms with Gasteiger partial charge in [0, 0.05) is 24.9 Å². The van der Waals surface area contributed by atoms with Crippen molar-refractivity contribution in [1.29, 1.82) is 0 Å². The molecule has 7 nitrogen and oxygen atoms in total. The molecule has 1 fully saturated rings. The Morgan fingerprint density at radius 3 is 2.26 bits per heavy atom. The molecule has 3 atom stereocenters. The number of hydrogen-bond donors (Lipinski definition) is 2. The predicted octanol–water partition coefficient (Wildman–Crippen LogP) is 3.65. The fourth-order valence-corrected chi connectivity index (χ4v) is 5.23. The number of likely N-dealkylation sites (tertiary alicyclic amines) is 1. The number of benzene rings is 2. The summed E-state index contributed by atoms with van der Waals surface area (Å²) in [5.41, 5.74) is 4.68. The van der Waals surface area contributed by atoms with Gasteiger partial charge in [-0.05, 0) is 28.7 Å². The van der Waals surface area contributed by atoms with E-state index in [0.717, 1.165) is 11.1 Å². The van der Waals surface area contributed by atoms with Crippen LogP contribution in [0.25, 0.3) is 11.1 Å². The van der Waals surface area contributed by atoms with Crippen LogP contribution in [0.3, 0.4) is 0 Å². The number of ether oxygens (including phenoxy) is 1. The third-order valence-electron chi connectivity index (χ3n) is 7.37. The molecule has 0 aromatic heterocycles. The van der Waals surface area contributed by atoms with E-state index in [4.69, 9.17) is 9.84 Å². The van der Waals surface area contributed by atoms with Crippen LogP contribution >= 0.6 is 0 Å². The average molecular weight is 461 g/mol. The van der Waals surface area contributed by atoms with E-state index in [-0.39, 0.29) is 36.3 Å². The summed E-state index contributed by atoms with van der Waals surface area (Å²) >= 11 is 0. The Hall–Kier alpha value is -3.61. The van der Waals surface area contributed by atoms with Gasteiger partial charge in [0.25, 0.3) is 0 Å². The second-order valence-corrected chi connectivity index (χ2v) is 9.43. The Balaban J connectivity index is 1.11. The standard InChI is InChI=1S/C27H28N2O5/c1-16(26(31)32)18-13-29(14-18)25(30)17-10-11-19(12-17)28-27(33)34-15-24-22-8-4-2-6-20(22)21-7-3-5-9-23(21)24/h2-11,16-19,24H,12-15H2,1H3,(H,28,33)(H,31,32). The van der Waals surface area contributed by atoms with Crippen molar-refractivity contribution < 1.29 is 24.2 Å². The number of aliphatic carboxylic acids is 1. The highest BCUT2D eigenvalue weighted by Crippen LogP contribution is 2.44. The molecule has 0 radical (unpaired) electrons. The first-order chi connectivity index (χ1) is 16.4. The Morgan fingerprint density at radius 2 is 1.65 bits per heavy atom. The number of carbonyl (C=O) groups excluding carboxylic acids is 2. The summed E-state index contributed by atoms with van der Waals surface area (Å²) in [6.45, 7) is 2.87. The van der Waals surface area contributed by atoms with Crippen LogP contribution in [0, 0.1) is 17.8 Å². The maximum Gasteiger partial charge on any atom is 0.407 e. The maximum atomic E-state index is 12.7. The van der Waals surface area contributed by atoms with Crippen LogP contribution in [0.5, 0.6) is 0 Å². The molecule has 2 aromatic carbocycles. The van der Waals surface area contributed by atoms with Crippen LogP contribution in [0.15, 0.2) is 60.7 Å². The number of carbonyl (C=O) groups is 3. The van der Waals surface area contributed by atoms with Gasteiger partial charge in [-0.25, -0.2) is 4.79 Å². The van der Waals surface area contributed by atoms with Gasteiger partial charge in [-0.15, -0.1) is 0 Å². The molecular weight excluding hydrogens is 432 g/mol. The number of amides is 2. The molecule has 1 heterocycles. The number of carboxylic acids is 1. The molecule has 34 heavy (non-hydrogen) atoms. The van der Waals surface area contributed by atoms with Gasteiger partial charge in [-0.3, -0.25) is 9.59 Å². The molecule has 7 heteroatoms. The molecule has 0 bridgehead atoms. The lowest BCUT2D eigenvalue weighted by atomic mass is 9.86. The minimum Gasteiger partial charge on any atom is -0.481 e. The largest absolute Gasteiger partial charge is 0.481 e. The number of nitrogens with zero attached hydrogens (tertiary/aromatic N) is 1. The molecule has 2 N–H and O–H groups in total. The Labute approximate surface area is 198 Å². The zero-order valence-corrected chi connectivity index (χ0v) is 19.0. The average Bonchev–Trinajstić information content (AvgIpc) is 3.39. The topological polar surface area (TPSA) is 95.9 Å². The van der Waals surface area contributed by atoms with Gasteiger partial charge >= 0.3 is 12.1 Å². The fourth-order valence-electron chi connectivity index (χ4n) is 5.23. The van der Waals surface area contributed by atoms with Crippen LogP contribution in [-0.2, 0) is 14.3 Å². The van der Waals surface area contributed by atoms with Crippen molar-refractivity contribution in [3.63, 3.8) is 0 Å². The molecular formula is C27H28N2O5. The smallest absolute Gasteiger partial charge is 0.407 e. The van der Waals surface area contributed by atoms with E-state index in [9.17, 15) is 14.4 Å². The Kier molecular flexibility index (Phi) is 5.86. The van der Waals surface area contributed by atoms with E-state index in [1.165, 1.54) is 11.1 Å². The number of fused-ring (bicyclic) bond motifs is 3. The van der Waals surface area contributed by atoms with Gasteiger partial charge in [0.2, 0.25) is 5.91 Å². The van der Waals surface area contributed by atoms with Crippen molar-refractivity contribution in [3.05, 3.63) is 71.8 Å². The molecule has 2 aliphatic carbocycles. The molecule has 0 spiro atoms. The molecule has 2 aromatic rings. The first kappa shape index (κ1) is 22.2. The summed E-state index contributed by atoms with van der Waals surface area (Å²) < 4.78 is 5.61. The second kappa shape index (κ2) is 8.97. The Morgan fingerprint density at radius 1 is 1.03 bits per heavy atom. The van der Waals surface area contributed by atoms with E-state index < -0.39 is 18.0 Å². The summed E-state index contributed by atoms with van der Waals surface area (Å²) in [6.07, 6.45) is 3.65. The van der Waals surface area contributed by atoms with Crippen LogP contribution in [0.1, 0.15) is 30.4 Å². The van der Waals surface area contributed by atoms with E-state index in [1.54, 1.807) is 11.8 Å². The number of carboxylic acid groups (broad SMARTS) is 1. The van der Waals surface area contributed by atoms with Gasteiger partial charge < -0.3 is 20.1 Å². The van der Waals surface area contributed by atoms with Crippen molar-refractivity contribution in [1.82, 2.24) is 10.2 Å². The van der Waals surface area contributed by atoms with Crippen molar-refractivity contribution in [2.45, 2.75) is 25.3 Å². The summed E-state index contributed by atoms with van der Waals surface area (Å²) in [5.74, 6) is -1.60. The van der Waals surface area contributed by atoms with Gasteiger partial charge in [0.05, 0.1) is 17.9 Å². The highest BCUT2D eigenvalue weighted by molar-refractivity contribution is 5.83.